The Bertz CT molecular complexity index is 1390. The first-order valence-corrected chi connectivity index (χ1v) is 12.6. The van der Waals surface area contributed by atoms with Crippen molar-refractivity contribution in [3.63, 3.8) is 0 Å². The van der Waals surface area contributed by atoms with E-state index >= 15 is 0 Å². The van der Waals surface area contributed by atoms with E-state index in [-0.39, 0.29) is 25.6 Å². The highest BCUT2D eigenvalue weighted by Crippen LogP contribution is 2.44. The average molecular weight is 541 g/mol. The number of hydrogen-bond acceptors (Lipinski definition) is 6. The number of hydrogen-bond donors (Lipinski definition) is 3. The lowest BCUT2D eigenvalue weighted by molar-refractivity contribution is -0.147. The lowest BCUT2D eigenvalue weighted by Crippen LogP contribution is -2.52. The third-order valence-corrected chi connectivity index (χ3v) is 6.50. The number of amides is 2. The standard InChI is InChI=1S/C31H28N2O7/c1-2-10-26(30(36)37)32-29(35)27(17-28(34)39-18-20-11-4-3-5-12-20)33-31(38)40-19-25-23-15-8-6-13-21(23)22-14-7-9-16-24(22)25/h1,3-9,11-16,25-27H,10,17-19H2,(H,32,35)(H,33,38)(H,36,37)/t26?,27-/m0/s1. The van der Waals surface area contributed by atoms with Crippen molar-refractivity contribution >= 4 is 23.9 Å². The summed E-state index contributed by atoms with van der Waals surface area (Å²) in [5.41, 5.74) is 4.86. The third-order valence-electron chi connectivity index (χ3n) is 6.50. The summed E-state index contributed by atoms with van der Waals surface area (Å²) in [6.45, 7) is -0.0463. The summed E-state index contributed by atoms with van der Waals surface area (Å²) in [5.74, 6) is -1.06. The number of rotatable bonds is 11. The number of terminal acetylenes is 1. The van der Waals surface area contributed by atoms with Gasteiger partial charge in [0.05, 0.1) is 6.42 Å². The number of fused-ring (bicyclic) bond motifs is 3. The fraction of sp³-hybridized carbons (Fsp3) is 0.226. The largest absolute Gasteiger partial charge is 0.480 e. The molecule has 0 fully saturated rings. The van der Waals surface area contributed by atoms with Crippen LogP contribution < -0.4 is 10.6 Å². The van der Waals surface area contributed by atoms with Gasteiger partial charge in [-0.2, -0.15) is 0 Å². The lowest BCUT2D eigenvalue weighted by atomic mass is 9.98. The van der Waals surface area contributed by atoms with E-state index in [2.05, 4.69) is 16.6 Å². The van der Waals surface area contributed by atoms with E-state index in [1.807, 2.05) is 54.6 Å². The van der Waals surface area contributed by atoms with Gasteiger partial charge in [-0.1, -0.05) is 78.9 Å². The number of carbonyl (C=O) groups excluding carboxylic acids is 3. The molecule has 0 bridgehead atoms. The van der Waals surface area contributed by atoms with Gasteiger partial charge in [-0.15, -0.1) is 12.3 Å². The summed E-state index contributed by atoms with van der Waals surface area (Å²) < 4.78 is 10.8. The van der Waals surface area contributed by atoms with Crippen LogP contribution in [-0.2, 0) is 30.5 Å². The second-order valence-corrected chi connectivity index (χ2v) is 9.18. The molecular weight excluding hydrogens is 512 g/mol. The van der Waals surface area contributed by atoms with Crippen molar-refractivity contribution in [2.75, 3.05) is 6.61 Å². The zero-order valence-electron chi connectivity index (χ0n) is 21.5. The van der Waals surface area contributed by atoms with Crippen molar-refractivity contribution < 1.29 is 33.8 Å². The number of alkyl carbamates (subject to hydrolysis) is 1. The summed E-state index contributed by atoms with van der Waals surface area (Å²) in [6.07, 6.45) is 3.44. The van der Waals surface area contributed by atoms with Crippen LogP contribution in [0.15, 0.2) is 78.9 Å². The minimum Gasteiger partial charge on any atom is -0.480 e. The second kappa shape index (κ2) is 13.1. The Morgan fingerprint density at radius 2 is 1.43 bits per heavy atom. The molecule has 4 rings (SSSR count). The Hall–Kier alpha value is -5.10. The molecule has 2 atom stereocenters. The topological polar surface area (TPSA) is 131 Å². The van der Waals surface area contributed by atoms with Gasteiger partial charge in [-0.05, 0) is 27.8 Å². The van der Waals surface area contributed by atoms with Crippen LogP contribution in [0.4, 0.5) is 4.79 Å². The predicted octanol–water partition coefficient (Wildman–Crippen LogP) is 3.62. The van der Waals surface area contributed by atoms with Gasteiger partial charge in [0, 0.05) is 12.3 Å². The molecular formula is C31H28N2O7. The number of carbonyl (C=O) groups is 4. The molecule has 1 aliphatic carbocycles. The highest BCUT2D eigenvalue weighted by Gasteiger charge is 2.31. The van der Waals surface area contributed by atoms with E-state index in [0.717, 1.165) is 27.8 Å². The van der Waals surface area contributed by atoms with E-state index in [1.54, 1.807) is 24.3 Å². The molecule has 0 radical (unpaired) electrons. The van der Waals surface area contributed by atoms with Crippen molar-refractivity contribution in [2.45, 2.75) is 37.5 Å². The summed E-state index contributed by atoms with van der Waals surface area (Å²) in [4.78, 5) is 49.8. The maximum atomic E-state index is 12.9. The number of carboxylic acids is 1. The molecule has 0 spiro atoms. The number of nitrogens with one attached hydrogen (secondary N) is 2. The zero-order chi connectivity index (χ0) is 28.5. The van der Waals surface area contributed by atoms with Crippen LogP contribution in [-0.4, -0.2) is 47.7 Å². The van der Waals surface area contributed by atoms with Gasteiger partial charge in [-0.3, -0.25) is 9.59 Å². The number of esters is 1. The molecule has 3 aromatic rings. The van der Waals surface area contributed by atoms with Crippen LogP contribution in [0.1, 0.15) is 35.4 Å². The van der Waals surface area contributed by atoms with Crippen LogP contribution in [0.5, 0.6) is 0 Å². The molecule has 0 saturated carbocycles. The molecule has 40 heavy (non-hydrogen) atoms. The Morgan fingerprint density at radius 3 is 2.02 bits per heavy atom. The number of aliphatic carboxylic acids is 1. The van der Waals surface area contributed by atoms with Crippen molar-refractivity contribution in [1.82, 2.24) is 10.6 Å². The molecule has 3 aromatic carbocycles. The first-order valence-electron chi connectivity index (χ1n) is 12.6. The van der Waals surface area contributed by atoms with Crippen molar-refractivity contribution in [2.24, 2.45) is 0 Å². The molecule has 9 heteroatoms. The molecule has 0 heterocycles. The number of carboxylic acid groups (broad SMARTS) is 1. The number of ether oxygens (including phenoxy) is 2. The molecule has 0 aromatic heterocycles. The SMILES string of the molecule is C#CCC(NC(=O)[C@H](CC(=O)OCc1ccccc1)NC(=O)OCC1c2ccccc2-c2ccccc21)C(=O)O. The van der Waals surface area contributed by atoms with Gasteiger partial charge in [-0.25, -0.2) is 9.59 Å². The normalized spacial score (nSPS) is 13.1. The fourth-order valence-electron chi connectivity index (χ4n) is 4.55. The van der Waals surface area contributed by atoms with Gasteiger partial charge in [0.2, 0.25) is 5.91 Å². The van der Waals surface area contributed by atoms with Crippen molar-refractivity contribution in [3.05, 3.63) is 95.6 Å². The quantitative estimate of drug-likeness (QED) is 0.250. The van der Waals surface area contributed by atoms with E-state index in [0.29, 0.717) is 0 Å². The zero-order valence-corrected chi connectivity index (χ0v) is 21.5. The Balaban J connectivity index is 1.43. The van der Waals surface area contributed by atoms with E-state index in [4.69, 9.17) is 15.9 Å². The minimum absolute atomic E-state index is 0.0124. The van der Waals surface area contributed by atoms with Crippen molar-refractivity contribution in [3.8, 4) is 23.5 Å². The summed E-state index contributed by atoms with van der Waals surface area (Å²) in [7, 11) is 0. The summed E-state index contributed by atoms with van der Waals surface area (Å²) >= 11 is 0. The van der Waals surface area contributed by atoms with Crippen LogP contribution >= 0.6 is 0 Å². The maximum absolute atomic E-state index is 12.9. The first-order chi connectivity index (χ1) is 19.4. The van der Waals surface area contributed by atoms with Gasteiger partial charge >= 0.3 is 18.0 Å². The molecule has 204 valence electrons. The van der Waals surface area contributed by atoms with Crippen LogP contribution in [0.2, 0.25) is 0 Å². The van der Waals surface area contributed by atoms with Gasteiger partial charge in [0.1, 0.15) is 25.3 Å². The van der Waals surface area contributed by atoms with E-state index in [9.17, 15) is 24.3 Å². The number of benzene rings is 3. The molecule has 1 aliphatic rings. The molecule has 2 amide bonds. The third kappa shape index (κ3) is 6.85. The molecule has 0 saturated heterocycles. The summed E-state index contributed by atoms with van der Waals surface area (Å²) in [6, 6.07) is 21.7. The molecule has 9 nitrogen and oxygen atoms in total. The Kier molecular flexibility index (Phi) is 9.15. The van der Waals surface area contributed by atoms with Crippen LogP contribution in [0.3, 0.4) is 0 Å². The van der Waals surface area contributed by atoms with Crippen LogP contribution in [0, 0.1) is 12.3 Å². The minimum atomic E-state index is -1.46. The smallest absolute Gasteiger partial charge is 0.407 e. The predicted molar refractivity (Wildman–Crippen MR) is 146 cm³/mol. The maximum Gasteiger partial charge on any atom is 0.407 e. The molecule has 3 N–H and O–H groups in total. The van der Waals surface area contributed by atoms with Crippen LogP contribution in [0.25, 0.3) is 11.1 Å². The molecule has 0 aliphatic heterocycles. The summed E-state index contributed by atoms with van der Waals surface area (Å²) in [5, 5.41) is 14.0. The Morgan fingerprint density at radius 1 is 0.825 bits per heavy atom. The first kappa shape index (κ1) is 27.9. The monoisotopic (exact) mass is 540 g/mol. The van der Waals surface area contributed by atoms with E-state index < -0.39 is 42.4 Å². The van der Waals surface area contributed by atoms with Gasteiger partial charge < -0.3 is 25.2 Å². The van der Waals surface area contributed by atoms with E-state index in [1.165, 1.54) is 0 Å². The lowest BCUT2D eigenvalue weighted by Gasteiger charge is -2.21. The van der Waals surface area contributed by atoms with Crippen molar-refractivity contribution in [1.29, 1.82) is 0 Å². The average Bonchev–Trinajstić information content (AvgIpc) is 3.28. The highest BCUT2D eigenvalue weighted by atomic mass is 16.5. The molecule has 1 unspecified atom stereocenters. The fourth-order valence-corrected chi connectivity index (χ4v) is 4.55. The second-order valence-electron chi connectivity index (χ2n) is 9.18. The Labute approximate surface area is 231 Å². The highest BCUT2D eigenvalue weighted by molar-refractivity contribution is 5.92. The van der Waals surface area contributed by atoms with Gasteiger partial charge in [0.15, 0.2) is 0 Å². The van der Waals surface area contributed by atoms with Gasteiger partial charge in [0.25, 0.3) is 0 Å².